The van der Waals surface area contributed by atoms with E-state index in [1.165, 1.54) is 22.2 Å². The average molecular weight is 220 g/mol. The van der Waals surface area contributed by atoms with Gasteiger partial charge in [-0.15, -0.1) is 0 Å². The zero-order valence-corrected chi connectivity index (χ0v) is 9.43. The molecule has 0 unspecified atom stereocenters. The number of hydrogen-bond acceptors (Lipinski definition) is 1. The van der Waals surface area contributed by atoms with E-state index in [4.69, 9.17) is 0 Å². The lowest BCUT2D eigenvalue weighted by Gasteiger charge is -2.18. The minimum atomic E-state index is 1.06. The van der Waals surface area contributed by atoms with Gasteiger partial charge in [0.2, 0.25) is 0 Å². The molecule has 0 radical (unpaired) electrons. The molecule has 0 bridgehead atoms. The van der Waals surface area contributed by atoms with Crippen molar-refractivity contribution < 1.29 is 0 Å². The molecule has 17 heavy (non-hydrogen) atoms. The Morgan fingerprint density at radius 1 is 1.06 bits per heavy atom. The van der Waals surface area contributed by atoms with Gasteiger partial charge in [-0.3, -0.25) is 4.98 Å². The second-order valence-corrected chi connectivity index (χ2v) is 4.50. The Morgan fingerprint density at radius 2 is 2.00 bits per heavy atom. The van der Waals surface area contributed by atoms with E-state index in [-0.39, 0.29) is 0 Å². The average Bonchev–Trinajstić information content (AvgIpc) is 2.78. The van der Waals surface area contributed by atoms with E-state index in [0.29, 0.717) is 0 Å². The van der Waals surface area contributed by atoms with Crippen molar-refractivity contribution in [2.24, 2.45) is 0 Å². The SMILES string of the molecule is c1cnc2c(c1)CCn1c-2cc2ccccc21. The van der Waals surface area contributed by atoms with Crippen LogP contribution in [0.15, 0.2) is 48.7 Å². The van der Waals surface area contributed by atoms with E-state index < -0.39 is 0 Å². The van der Waals surface area contributed by atoms with Crippen LogP contribution < -0.4 is 0 Å². The molecular weight excluding hydrogens is 208 g/mol. The van der Waals surface area contributed by atoms with Crippen LogP contribution in [0, 0.1) is 0 Å². The fraction of sp³-hybridized carbons (Fsp3) is 0.133. The first-order chi connectivity index (χ1) is 8.43. The number of pyridine rings is 1. The molecule has 0 fully saturated rings. The van der Waals surface area contributed by atoms with E-state index in [1.807, 2.05) is 12.3 Å². The summed E-state index contributed by atoms with van der Waals surface area (Å²) >= 11 is 0. The van der Waals surface area contributed by atoms with Gasteiger partial charge in [0.25, 0.3) is 0 Å². The number of hydrogen-bond donors (Lipinski definition) is 0. The molecule has 0 N–H and O–H groups in total. The molecule has 0 saturated carbocycles. The van der Waals surface area contributed by atoms with E-state index in [1.54, 1.807) is 0 Å². The molecule has 2 nitrogen and oxygen atoms in total. The Balaban J connectivity index is 2.10. The third kappa shape index (κ3) is 1.18. The first-order valence-corrected chi connectivity index (χ1v) is 5.96. The van der Waals surface area contributed by atoms with Crippen molar-refractivity contribution in [2.45, 2.75) is 13.0 Å². The fourth-order valence-electron chi connectivity index (χ4n) is 2.75. The molecule has 0 aliphatic carbocycles. The maximum atomic E-state index is 4.54. The van der Waals surface area contributed by atoms with Crippen molar-refractivity contribution >= 4 is 10.9 Å². The summed E-state index contributed by atoms with van der Waals surface area (Å²) in [5, 5.41) is 1.31. The van der Waals surface area contributed by atoms with Crippen LogP contribution in [0.5, 0.6) is 0 Å². The standard InChI is InChI=1S/C15H12N2/c1-2-6-13-12(4-1)10-14-15-11(5-3-8-16-15)7-9-17(13)14/h1-6,8,10H,7,9H2. The largest absolute Gasteiger partial charge is 0.339 e. The second-order valence-electron chi connectivity index (χ2n) is 4.50. The molecule has 2 heteroatoms. The first-order valence-electron chi connectivity index (χ1n) is 5.96. The van der Waals surface area contributed by atoms with Crippen LogP contribution in [0.4, 0.5) is 0 Å². The third-order valence-corrected chi connectivity index (χ3v) is 3.55. The maximum Gasteiger partial charge on any atom is 0.0899 e. The number of nitrogens with zero attached hydrogens (tertiary/aromatic N) is 2. The number of aryl methyl sites for hydroxylation is 2. The molecule has 1 aliphatic heterocycles. The monoisotopic (exact) mass is 220 g/mol. The van der Waals surface area contributed by atoms with Gasteiger partial charge in [-0.25, -0.2) is 0 Å². The van der Waals surface area contributed by atoms with Gasteiger partial charge < -0.3 is 4.57 Å². The number of fused-ring (bicyclic) bond motifs is 5. The summed E-state index contributed by atoms with van der Waals surface area (Å²) in [6, 6.07) is 15.0. The molecule has 4 rings (SSSR count). The van der Waals surface area contributed by atoms with Crippen LogP contribution in [0.25, 0.3) is 22.3 Å². The Labute approximate surface area is 99.5 Å². The van der Waals surface area contributed by atoms with Crippen molar-refractivity contribution in [1.29, 1.82) is 0 Å². The van der Waals surface area contributed by atoms with E-state index in [2.05, 4.69) is 45.9 Å². The summed E-state index contributed by atoms with van der Waals surface area (Å²) in [5.41, 5.74) is 5.09. The molecule has 82 valence electrons. The minimum absolute atomic E-state index is 1.06. The quantitative estimate of drug-likeness (QED) is 0.568. The lowest BCUT2D eigenvalue weighted by molar-refractivity contribution is 0.704. The summed E-state index contributed by atoms with van der Waals surface area (Å²) in [7, 11) is 0. The van der Waals surface area contributed by atoms with Gasteiger partial charge in [0.1, 0.15) is 0 Å². The van der Waals surface area contributed by atoms with Crippen LogP contribution in [0.1, 0.15) is 5.56 Å². The van der Waals surface area contributed by atoms with Crippen molar-refractivity contribution in [3.05, 3.63) is 54.2 Å². The molecule has 3 aromatic rings. The van der Waals surface area contributed by atoms with Crippen LogP contribution in [0.2, 0.25) is 0 Å². The molecule has 3 heterocycles. The molecule has 0 amide bonds. The highest BCUT2D eigenvalue weighted by molar-refractivity contribution is 5.87. The van der Waals surface area contributed by atoms with E-state index in [0.717, 1.165) is 18.7 Å². The fourth-order valence-corrected chi connectivity index (χ4v) is 2.75. The number of rotatable bonds is 0. The number of para-hydroxylation sites is 1. The maximum absolute atomic E-state index is 4.54. The minimum Gasteiger partial charge on any atom is -0.339 e. The summed E-state index contributed by atoms with van der Waals surface area (Å²) in [5.74, 6) is 0. The third-order valence-electron chi connectivity index (χ3n) is 3.55. The Morgan fingerprint density at radius 3 is 3.00 bits per heavy atom. The second kappa shape index (κ2) is 3.20. The van der Waals surface area contributed by atoms with Gasteiger partial charge in [-0.05, 0) is 30.2 Å². The Bertz CT molecular complexity index is 710. The molecule has 1 aliphatic rings. The van der Waals surface area contributed by atoms with E-state index in [9.17, 15) is 0 Å². The zero-order chi connectivity index (χ0) is 11.2. The number of benzene rings is 1. The smallest absolute Gasteiger partial charge is 0.0899 e. The van der Waals surface area contributed by atoms with Gasteiger partial charge in [0.15, 0.2) is 0 Å². The predicted molar refractivity (Wildman–Crippen MR) is 68.9 cm³/mol. The zero-order valence-electron chi connectivity index (χ0n) is 9.43. The van der Waals surface area contributed by atoms with Gasteiger partial charge in [-0.2, -0.15) is 0 Å². The lowest BCUT2D eigenvalue weighted by atomic mass is 10.0. The highest BCUT2D eigenvalue weighted by atomic mass is 15.0. The molecule has 0 saturated heterocycles. The highest BCUT2D eigenvalue weighted by Gasteiger charge is 2.18. The molecule has 2 aromatic heterocycles. The van der Waals surface area contributed by atoms with Gasteiger partial charge >= 0.3 is 0 Å². The predicted octanol–water partition coefficient (Wildman–Crippen LogP) is 3.26. The van der Waals surface area contributed by atoms with Crippen LogP contribution in [0.3, 0.4) is 0 Å². The molecular formula is C15H12N2. The normalized spacial score (nSPS) is 13.4. The summed E-state index contributed by atoms with van der Waals surface area (Å²) in [6.45, 7) is 1.06. The van der Waals surface area contributed by atoms with Crippen molar-refractivity contribution in [1.82, 2.24) is 9.55 Å². The van der Waals surface area contributed by atoms with Crippen molar-refractivity contribution in [2.75, 3.05) is 0 Å². The first kappa shape index (κ1) is 8.99. The Hall–Kier alpha value is -2.09. The highest BCUT2D eigenvalue weighted by Crippen LogP contribution is 2.32. The topological polar surface area (TPSA) is 17.8 Å². The molecule has 1 aromatic carbocycles. The number of aromatic nitrogens is 2. The summed E-state index contributed by atoms with van der Waals surface area (Å²) in [4.78, 5) is 4.54. The van der Waals surface area contributed by atoms with Crippen LogP contribution in [-0.4, -0.2) is 9.55 Å². The van der Waals surface area contributed by atoms with E-state index >= 15 is 0 Å². The van der Waals surface area contributed by atoms with Crippen molar-refractivity contribution in [3.8, 4) is 11.4 Å². The summed E-state index contributed by atoms with van der Waals surface area (Å²) < 4.78 is 2.38. The van der Waals surface area contributed by atoms with Crippen LogP contribution >= 0.6 is 0 Å². The van der Waals surface area contributed by atoms with Gasteiger partial charge in [0, 0.05) is 23.6 Å². The molecule has 0 atom stereocenters. The van der Waals surface area contributed by atoms with Crippen LogP contribution in [-0.2, 0) is 13.0 Å². The Kier molecular flexibility index (Phi) is 1.69. The van der Waals surface area contributed by atoms with Crippen molar-refractivity contribution in [3.63, 3.8) is 0 Å². The molecule has 0 spiro atoms. The lowest BCUT2D eigenvalue weighted by Crippen LogP contribution is -2.11. The van der Waals surface area contributed by atoms with Gasteiger partial charge in [-0.1, -0.05) is 24.3 Å². The van der Waals surface area contributed by atoms with Gasteiger partial charge in [0.05, 0.1) is 11.4 Å². The summed E-state index contributed by atoms with van der Waals surface area (Å²) in [6.07, 6.45) is 2.96.